The summed E-state index contributed by atoms with van der Waals surface area (Å²) in [7, 11) is 0. The lowest BCUT2D eigenvalue weighted by atomic mass is 10.1. The lowest BCUT2D eigenvalue weighted by Crippen LogP contribution is -2.39. The van der Waals surface area contributed by atoms with Crippen molar-refractivity contribution in [3.63, 3.8) is 0 Å². The largest absolute Gasteiger partial charge is 0.421 e. The van der Waals surface area contributed by atoms with Crippen LogP contribution < -0.4 is 4.90 Å². The van der Waals surface area contributed by atoms with Crippen LogP contribution in [-0.4, -0.2) is 22.2 Å². The summed E-state index contributed by atoms with van der Waals surface area (Å²) < 4.78 is 39.9. The minimum absolute atomic E-state index is 0.185. The van der Waals surface area contributed by atoms with Crippen LogP contribution in [0.5, 0.6) is 0 Å². The van der Waals surface area contributed by atoms with Crippen molar-refractivity contribution in [3.8, 4) is 6.07 Å². The minimum Gasteiger partial charge on any atom is -0.360 e. The van der Waals surface area contributed by atoms with Gasteiger partial charge < -0.3 is 5.53 Å². The van der Waals surface area contributed by atoms with Crippen molar-refractivity contribution in [3.05, 3.63) is 70.8 Å². The van der Waals surface area contributed by atoms with Gasteiger partial charge in [0.25, 0.3) is 0 Å². The summed E-state index contributed by atoms with van der Waals surface area (Å²) in [6.07, 6.45) is -4.82. The molecular formula is C19H13F3N4O2. The Morgan fingerprint density at radius 1 is 1.18 bits per heavy atom. The fraction of sp³-hybridized carbons (Fsp3) is 0.158. The first-order valence-electron chi connectivity index (χ1n) is 7.89. The second-order valence-electron chi connectivity index (χ2n) is 5.72. The number of nitrogens with zero attached hydrogens (tertiary/aromatic N) is 4. The van der Waals surface area contributed by atoms with Gasteiger partial charge >= 0.3 is 17.8 Å². The molecule has 2 aromatic rings. The zero-order valence-corrected chi connectivity index (χ0v) is 14.6. The van der Waals surface area contributed by atoms with E-state index in [1.807, 2.05) is 0 Å². The number of hydrogen-bond acceptors (Lipinski definition) is 3. The first kappa shape index (κ1) is 20.6. The van der Waals surface area contributed by atoms with Crippen molar-refractivity contribution in [1.82, 2.24) is 0 Å². The molecule has 9 heteroatoms. The second-order valence-corrected chi connectivity index (χ2v) is 5.72. The number of nitriles is 1. The monoisotopic (exact) mass is 386 g/mol. The highest BCUT2D eigenvalue weighted by Crippen LogP contribution is 2.34. The number of anilines is 1. The van der Waals surface area contributed by atoms with Gasteiger partial charge in [0.1, 0.15) is 0 Å². The molecule has 0 aliphatic rings. The molecule has 2 aromatic carbocycles. The van der Waals surface area contributed by atoms with Crippen LogP contribution in [0.25, 0.3) is 5.53 Å². The SMILES string of the molecule is CC(=O)C(=[N+]=[N-])C(=O)N(Cc1ccccc1)c1ccc(C#N)c(C(F)(F)F)c1. The normalized spacial score (nSPS) is 10.5. The minimum atomic E-state index is -4.82. The van der Waals surface area contributed by atoms with Crippen LogP contribution in [0.15, 0.2) is 48.5 Å². The molecule has 2 rings (SSSR count). The predicted molar refractivity (Wildman–Crippen MR) is 93.1 cm³/mol. The molecule has 0 saturated heterocycles. The molecule has 0 saturated carbocycles. The van der Waals surface area contributed by atoms with E-state index >= 15 is 0 Å². The van der Waals surface area contributed by atoms with Crippen LogP contribution in [-0.2, 0) is 22.3 Å². The fourth-order valence-corrected chi connectivity index (χ4v) is 2.47. The van der Waals surface area contributed by atoms with E-state index in [0.717, 1.165) is 24.0 Å². The summed E-state index contributed by atoms with van der Waals surface area (Å²) in [4.78, 5) is 27.8. The van der Waals surface area contributed by atoms with Gasteiger partial charge in [-0.05, 0) is 23.8 Å². The zero-order valence-electron chi connectivity index (χ0n) is 14.6. The molecule has 0 radical (unpaired) electrons. The smallest absolute Gasteiger partial charge is 0.360 e. The molecule has 1 amide bonds. The van der Waals surface area contributed by atoms with Crippen LogP contribution in [0.2, 0.25) is 0 Å². The number of alkyl halides is 3. The number of rotatable bonds is 5. The maximum Gasteiger partial charge on any atom is 0.421 e. The van der Waals surface area contributed by atoms with Crippen molar-refractivity contribution < 1.29 is 27.6 Å². The van der Waals surface area contributed by atoms with Crippen molar-refractivity contribution in [2.45, 2.75) is 19.6 Å². The number of benzene rings is 2. The standard InChI is InChI=1S/C19H13F3N4O2/c1-12(27)17(25-24)18(28)26(11-13-5-3-2-4-6-13)15-8-7-14(10-23)16(9-15)19(20,21)22/h2-9H,11H2,1H3. The molecule has 0 unspecified atom stereocenters. The summed E-state index contributed by atoms with van der Waals surface area (Å²) in [5.41, 5.74) is 6.70. The van der Waals surface area contributed by atoms with E-state index < -0.39 is 34.7 Å². The van der Waals surface area contributed by atoms with Gasteiger partial charge in [0.05, 0.1) is 23.7 Å². The second kappa shape index (κ2) is 8.29. The molecular weight excluding hydrogens is 373 g/mol. The Kier molecular flexibility index (Phi) is 6.08. The maximum atomic E-state index is 13.3. The Balaban J connectivity index is 2.62. The van der Waals surface area contributed by atoms with Gasteiger partial charge in [-0.25, -0.2) is 0 Å². The Labute approximate surface area is 158 Å². The molecule has 28 heavy (non-hydrogen) atoms. The molecule has 0 N–H and O–H groups in total. The van der Waals surface area contributed by atoms with Crippen LogP contribution in [0.3, 0.4) is 0 Å². The molecule has 142 valence electrons. The fourth-order valence-electron chi connectivity index (χ4n) is 2.47. The zero-order chi connectivity index (χ0) is 20.9. The Morgan fingerprint density at radius 3 is 2.32 bits per heavy atom. The highest BCUT2D eigenvalue weighted by atomic mass is 19.4. The third kappa shape index (κ3) is 4.50. The van der Waals surface area contributed by atoms with Gasteiger partial charge in [-0.2, -0.15) is 23.2 Å². The van der Waals surface area contributed by atoms with Crippen LogP contribution in [0, 0.1) is 11.3 Å². The summed E-state index contributed by atoms with van der Waals surface area (Å²) in [5.74, 6) is -1.92. The van der Waals surface area contributed by atoms with Crippen LogP contribution in [0.1, 0.15) is 23.6 Å². The molecule has 0 heterocycles. The summed E-state index contributed by atoms with van der Waals surface area (Å²) in [6, 6.07) is 12.5. The number of carbonyl (C=O) groups is 2. The van der Waals surface area contributed by atoms with E-state index in [4.69, 9.17) is 10.8 Å². The molecule has 0 atom stereocenters. The number of carbonyl (C=O) groups excluding carboxylic acids is 2. The highest BCUT2D eigenvalue weighted by molar-refractivity contribution is 6.65. The molecule has 0 aliphatic heterocycles. The van der Waals surface area contributed by atoms with Gasteiger partial charge in [0.2, 0.25) is 5.78 Å². The van der Waals surface area contributed by atoms with Gasteiger partial charge in [-0.1, -0.05) is 30.3 Å². The Hall–Kier alpha value is -3.76. The van der Waals surface area contributed by atoms with Crippen LogP contribution >= 0.6 is 0 Å². The first-order valence-corrected chi connectivity index (χ1v) is 7.89. The summed E-state index contributed by atoms with van der Waals surface area (Å²) >= 11 is 0. The third-order valence-corrected chi connectivity index (χ3v) is 3.81. The van der Waals surface area contributed by atoms with Gasteiger partial charge in [-0.3, -0.25) is 14.5 Å². The van der Waals surface area contributed by atoms with E-state index in [0.29, 0.717) is 11.6 Å². The summed E-state index contributed by atoms with van der Waals surface area (Å²) in [5, 5.41) is 8.93. The van der Waals surface area contributed by atoms with Crippen molar-refractivity contribution in [1.29, 1.82) is 5.26 Å². The van der Waals surface area contributed by atoms with Crippen LogP contribution in [0.4, 0.5) is 18.9 Å². The molecule has 0 aromatic heterocycles. The average molecular weight is 386 g/mol. The topological polar surface area (TPSA) is 97.6 Å². The molecule has 6 nitrogen and oxygen atoms in total. The molecule has 0 fully saturated rings. The van der Waals surface area contributed by atoms with E-state index in [1.54, 1.807) is 30.3 Å². The van der Waals surface area contributed by atoms with E-state index in [9.17, 15) is 22.8 Å². The van der Waals surface area contributed by atoms with Crippen molar-refractivity contribution >= 4 is 23.1 Å². The Bertz CT molecular complexity index is 1000. The van der Waals surface area contributed by atoms with E-state index in [-0.39, 0.29) is 12.2 Å². The number of halogens is 3. The van der Waals surface area contributed by atoms with Gasteiger partial charge in [-0.15, -0.1) is 0 Å². The van der Waals surface area contributed by atoms with E-state index in [2.05, 4.69) is 4.79 Å². The maximum absolute atomic E-state index is 13.3. The quantitative estimate of drug-likeness (QED) is 0.341. The van der Waals surface area contributed by atoms with Crippen molar-refractivity contribution in [2.24, 2.45) is 0 Å². The van der Waals surface area contributed by atoms with E-state index in [1.165, 1.54) is 6.07 Å². The highest BCUT2D eigenvalue weighted by Gasteiger charge is 2.36. The number of amides is 1. The van der Waals surface area contributed by atoms with Gasteiger partial charge in [0.15, 0.2) is 0 Å². The third-order valence-electron chi connectivity index (χ3n) is 3.81. The lowest BCUT2D eigenvalue weighted by molar-refractivity contribution is -0.137. The molecule has 0 spiro atoms. The van der Waals surface area contributed by atoms with Crippen molar-refractivity contribution in [2.75, 3.05) is 4.90 Å². The average Bonchev–Trinajstić information content (AvgIpc) is 2.66. The first-order chi connectivity index (χ1) is 13.2. The Morgan fingerprint density at radius 2 is 1.82 bits per heavy atom. The number of ketones is 1. The number of Topliss-reactive ketones (excluding diaryl/α,β-unsaturated/α-hetero) is 1. The lowest BCUT2D eigenvalue weighted by Gasteiger charge is -2.22. The summed E-state index contributed by atoms with van der Waals surface area (Å²) in [6.45, 7) is 0.808. The predicted octanol–water partition coefficient (Wildman–Crippen LogP) is 3.37. The number of hydrogen-bond donors (Lipinski definition) is 0. The molecule has 0 bridgehead atoms. The molecule has 0 aliphatic carbocycles. The van der Waals surface area contributed by atoms with Gasteiger partial charge in [0, 0.05) is 12.6 Å².